The highest BCUT2D eigenvalue weighted by Gasteiger charge is 2.38. The van der Waals surface area contributed by atoms with Crippen LogP contribution in [0.4, 0.5) is 5.69 Å². The van der Waals surface area contributed by atoms with Crippen LogP contribution in [0, 0.1) is 6.92 Å². The first-order chi connectivity index (χ1) is 15.6. The van der Waals surface area contributed by atoms with Gasteiger partial charge in [0.15, 0.2) is 5.82 Å². The maximum Gasteiger partial charge on any atom is 0.240 e. The maximum atomic E-state index is 13.4. The third-order valence-corrected chi connectivity index (χ3v) is 6.71. The molecule has 0 radical (unpaired) electrons. The summed E-state index contributed by atoms with van der Waals surface area (Å²) in [4.78, 5) is 13.4. The van der Waals surface area contributed by atoms with Gasteiger partial charge in [0.05, 0.1) is 6.04 Å². The van der Waals surface area contributed by atoms with Gasteiger partial charge in [-0.2, -0.15) is 0 Å². The molecule has 0 saturated heterocycles. The Labute approximate surface area is 195 Å². The van der Waals surface area contributed by atoms with E-state index in [1.807, 2.05) is 90.5 Å². The number of nitrogens with zero attached hydrogens (tertiary/aromatic N) is 3. The second-order valence-corrected chi connectivity index (χ2v) is 9.11. The van der Waals surface area contributed by atoms with E-state index in [4.69, 9.17) is 11.6 Å². The van der Waals surface area contributed by atoms with Crippen LogP contribution in [0.25, 0.3) is 11.4 Å². The number of benzene rings is 3. The molecule has 0 spiro atoms. The summed E-state index contributed by atoms with van der Waals surface area (Å²) in [6, 6.07) is 24.8. The standard InChI is InChI=1S/C24H20ClN5OS/c1-15-6-5-9-19(14-15)26-23(31)21-20(16-10-12-18(25)13-11-16)29-30-22(27-28-24(30)32-21)17-7-3-2-4-8-17/h2-14,20-21,29H,1H3,(H,26,31)/t20-,21-/m1/s1. The molecule has 2 N–H and O–H groups in total. The Bertz CT molecular complexity index is 1260. The number of carbonyl (C=O) groups is 1. The molecule has 2 atom stereocenters. The topological polar surface area (TPSA) is 71.8 Å². The first-order valence-corrected chi connectivity index (χ1v) is 11.4. The van der Waals surface area contributed by atoms with E-state index in [2.05, 4.69) is 20.9 Å². The van der Waals surface area contributed by atoms with Crippen molar-refractivity contribution in [3.63, 3.8) is 0 Å². The lowest BCUT2D eigenvalue weighted by atomic mass is 10.0. The Morgan fingerprint density at radius 2 is 1.81 bits per heavy atom. The Hall–Kier alpha value is -3.29. The number of amides is 1. The molecule has 8 heteroatoms. The second-order valence-electron chi connectivity index (χ2n) is 7.56. The number of fused-ring (bicyclic) bond motifs is 1. The van der Waals surface area contributed by atoms with Crippen LogP contribution in [-0.2, 0) is 4.79 Å². The average molecular weight is 462 g/mol. The minimum absolute atomic E-state index is 0.108. The maximum absolute atomic E-state index is 13.4. The van der Waals surface area contributed by atoms with Crippen LogP contribution in [0.3, 0.4) is 0 Å². The van der Waals surface area contributed by atoms with Crippen molar-refractivity contribution in [1.82, 2.24) is 14.9 Å². The van der Waals surface area contributed by atoms with Gasteiger partial charge in [-0.05, 0) is 42.3 Å². The lowest BCUT2D eigenvalue weighted by molar-refractivity contribution is -0.116. The number of aryl methyl sites for hydroxylation is 1. The van der Waals surface area contributed by atoms with Crippen LogP contribution in [-0.4, -0.2) is 26.0 Å². The Balaban J connectivity index is 1.51. The van der Waals surface area contributed by atoms with E-state index in [9.17, 15) is 4.79 Å². The van der Waals surface area contributed by atoms with E-state index in [0.29, 0.717) is 16.0 Å². The van der Waals surface area contributed by atoms with E-state index < -0.39 is 5.25 Å². The van der Waals surface area contributed by atoms with Gasteiger partial charge < -0.3 is 10.7 Å². The van der Waals surface area contributed by atoms with Crippen molar-refractivity contribution in [2.75, 3.05) is 10.7 Å². The molecular formula is C24H20ClN5OS. The molecule has 1 aromatic heterocycles. The summed E-state index contributed by atoms with van der Waals surface area (Å²) in [6.07, 6.45) is 0. The van der Waals surface area contributed by atoms with Gasteiger partial charge in [0, 0.05) is 16.3 Å². The lowest BCUT2D eigenvalue weighted by Gasteiger charge is -2.33. The third kappa shape index (κ3) is 4.09. The molecule has 1 aliphatic heterocycles. The number of hydrogen-bond acceptors (Lipinski definition) is 5. The van der Waals surface area contributed by atoms with Gasteiger partial charge in [-0.1, -0.05) is 78.0 Å². The summed E-state index contributed by atoms with van der Waals surface area (Å²) in [6.45, 7) is 2.00. The van der Waals surface area contributed by atoms with Crippen molar-refractivity contribution >= 4 is 35.0 Å². The van der Waals surface area contributed by atoms with Crippen molar-refractivity contribution in [2.45, 2.75) is 23.4 Å². The fourth-order valence-electron chi connectivity index (χ4n) is 3.69. The van der Waals surface area contributed by atoms with Gasteiger partial charge >= 0.3 is 0 Å². The summed E-state index contributed by atoms with van der Waals surface area (Å²) < 4.78 is 1.86. The van der Waals surface area contributed by atoms with Crippen molar-refractivity contribution < 1.29 is 4.79 Å². The third-order valence-electron chi connectivity index (χ3n) is 5.24. The van der Waals surface area contributed by atoms with Crippen molar-refractivity contribution in [2.24, 2.45) is 0 Å². The van der Waals surface area contributed by atoms with E-state index >= 15 is 0 Å². The number of halogens is 1. The zero-order valence-electron chi connectivity index (χ0n) is 17.2. The normalized spacial score (nSPS) is 17.3. The highest BCUT2D eigenvalue weighted by atomic mass is 35.5. The van der Waals surface area contributed by atoms with E-state index in [1.54, 1.807) is 0 Å². The summed E-state index contributed by atoms with van der Waals surface area (Å²) in [7, 11) is 0. The Morgan fingerprint density at radius 3 is 2.56 bits per heavy atom. The number of anilines is 1. The van der Waals surface area contributed by atoms with E-state index in [1.165, 1.54) is 11.8 Å². The summed E-state index contributed by atoms with van der Waals surface area (Å²) in [5, 5.41) is 12.6. The van der Waals surface area contributed by atoms with Crippen LogP contribution >= 0.6 is 23.4 Å². The smallest absolute Gasteiger partial charge is 0.240 e. The van der Waals surface area contributed by atoms with Crippen LogP contribution in [0.1, 0.15) is 17.2 Å². The molecule has 4 aromatic rings. The molecule has 0 fully saturated rings. The predicted octanol–water partition coefficient (Wildman–Crippen LogP) is 5.30. The molecule has 1 amide bonds. The fraction of sp³-hybridized carbons (Fsp3) is 0.125. The van der Waals surface area contributed by atoms with Crippen LogP contribution < -0.4 is 10.7 Å². The molecule has 1 aliphatic rings. The highest BCUT2D eigenvalue weighted by Crippen LogP contribution is 2.39. The first-order valence-electron chi connectivity index (χ1n) is 10.2. The minimum atomic E-state index is -0.461. The zero-order valence-corrected chi connectivity index (χ0v) is 18.8. The molecule has 160 valence electrons. The van der Waals surface area contributed by atoms with Crippen molar-refractivity contribution in [1.29, 1.82) is 0 Å². The number of rotatable bonds is 4. The fourth-order valence-corrected chi connectivity index (χ4v) is 4.89. The monoisotopic (exact) mass is 461 g/mol. The summed E-state index contributed by atoms with van der Waals surface area (Å²) >= 11 is 7.50. The number of carbonyl (C=O) groups excluding carboxylic acids is 1. The first kappa shape index (κ1) is 20.6. The van der Waals surface area contributed by atoms with Gasteiger partial charge in [0.1, 0.15) is 5.25 Å². The summed E-state index contributed by atoms with van der Waals surface area (Å²) in [5.41, 5.74) is 7.21. The zero-order chi connectivity index (χ0) is 22.1. The molecular weight excluding hydrogens is 442 g/mol. The molecule has 0 aliphatic carbocycles. The second kappa shape index (κ2) is 8.68. The van der Waals surface area contributed by atoms with Gasteiger partial charge in [0.2, 0.25) is 11.1 Å². The lowest BCUT2D eigenvalue weighted by Crippen LogP contribution is -2.41. The van der Waals surface area contributed by atoms with E-state index in [0.717, 1.165) is 22.4 Å². The molecule has 32 heavy (non-hydrogen) atoms. The molecule has 0 unspecified atom stereocenters. The molecule has 6 nitrogen and oxygen atoms in total. The molecule has 0 saturated carbocycles. The van der Waals surface area contributed by atoms with Gasteiger partial charge in [-0.25, -0.2) is 4.68 Å². The average Bonchev–Trinajstić information content (AvgIpc) is 3.22. The van der Waals surface area contributed by atoms with Crippen LogP contribution in [0.5, 0.6) is 0 Å². The minimum Gasteiger partial charge on any atom is -0.325 e. The van der Waals surface area contributed by atoms with E-state index in [-0.39, 0.29) is 11.9 Å². The number of nitrogens with one attached hydrogen (secondary N) is 2. The molecule has 3 aromatic carbocycles. The van der Waals surface area contributed by atoms with Crippen LogP contribution in [0.15, 0.2) is 84.0 Å². The predicted molar refractivity (Wildman–Crippen MR) is 128 cm³/mol. The quantitative estimate of drug-likeness (QED) is 0.431. The van der Waals surface area contributed by atoms with Gasteiger partial charge in [-0.3, -0.25) is 4.79 Å². The number of thioether (sulfide) groups is 1. The van der Waals surface area contributed by atoms with Crippen molar-refractivity contribution in [3.05, 3.63) is 95.0 Å². The highest BCUT2D eigenvalue weighted by molar-refractivity contribution is 8.00. The Morgan fingerprint density at radius 1 is 1.03 bits per heavy atom. The van der Waals surface area contributed by atoms with Crippen molar-refractivity contribution in [3.8, 4) is 11.4 Å². The van der Waals surface area contributed by atoms with Gasteiger partial charge in [0.25, 0.3) is 0 Å². The Kier molecular flexibility index (Phi) is 5.59. The van der Waals surface area contributed by atoms with Crippen LogP contribution in [0.2, 0.25) is 5.02 Å². The largest absolute Gasteiger partial charge is 0.325 e. The number of hydrogen-bond donors (Lipinski definition) is 2. The SMILES string of the molecule is Cc1cccc(NC(=O)[C@@H]2Sc3nnc(-c4ccccc4)n3N[C@@H]2c2ccc(Cl)cc2)c1. The number of aromatic nitrogens is 3. The molecule has 5 rings (SSSR count). The summed E-state index contributed by atoms with van der Waals surface area (Å²) in [5.74, 6) is 0.591. The molecule has 2 heterocycles. The molecule has 0 bridgehead atoms. The van der Waals surface area contributed by atoms with Gasteiger partial charge in [-0.15, -0.1) is 10.2 Å².